The summed E-state index contributed by atoms with van der Waals surface area (Å²) in [5, 5.41) is 2.09. The van der Waals surface area contributed by atoms with Crippen molar-refractivity contribution in [3.63, 3.8) is 0 Å². The molecule has 0 amide bonds. The molecular formula is C19H19F5NO5P. The summed E-state index contributed by atoms with van der Waals surface area (Å²) >= 11 is 0. The van der Waals surface area contributed by atoms with Gasteiger partial charge >= 0.3 is 13.7 Å². The Labute approximate surface area is 174 Å². The van der Waals surface area contributed by atoms with Gasteiger partial charge < -0.3 is 13.8 Å². The minimum Gasteiger partial charge on any atom is -0.462 e. The number of benzene rings is 2. The monoisotopic (exact) mass is 467 g/mol. The first-order valence-corrected chi connectivity index (χ1v) is 10.6. The Kier molecular flexibility index (Phi) is 8.02. The first-order chi connectivity index (χ1) is 14.5. The number of carbonyl (C=O) groups is 1. The zero-order valence-corrected chi connectivity index (χ0v) is 17.5. The molecule has 0 bridgehead atoms. The predicted octanol–water partition coefficient (Wildman–Crippen LogP) is 5.27. The number of hydrogen-bond acceptors (Lipinski definition) is 5. The van der Waals surface area contributed by atoms with Gasteiger partial charge in [-0.15, -0.1) is 0 Å². The summed E-state index contributed by atoms with van der Waals surface area (Å²) in [6, 6.07) is 5.67. The third-order valence-corrected chi connectivity index (χ3v) is 5.52. The number of ether oxygens (including phenoxy) is 1. The lowest BCUT2D eigenvalue weighted by molar-refractivity contribution is -0.150. The summed E-state index contributed by atoms with van der Waals surface area (Å²) in [5.41, 5.74) is 0. The van der Waals surface area contributed by atoms with Crippen LogP contribution < -0.4 is 14.1 Å². The van der Waals surface area contributed by atoms with Crippen LogP contribution in [0, 0.1) is 29.1 Å². The predicted molar refractivity (Wildman–Crippen MR) is 100.0 cm³/mol. The number of para-hydroxylation sites is 1. The van der Waals surface area contributed by atoms with Crippen LogP contribution in [0.3, 0.4) is 0 Å². The number of halogens is 5. The van der Waals surface area contributed by atoms with Crippen LogP contribution in [0.1, 0.15) is 27.2 Å². The zero-order valence-electron chi connectivity index (χ0n) is 16.6. The maximum atomic E-state index is 14.0. The molecule has 0 radical (unpaired) electrons. The van der Waals surface area contributed by atoms with Gasteiger partial charge in [-0.05, 0) is 32.4 Å². The van der Waals surface area contributed by atoms with Gasteiger partial charge in [-0.1, -0.05) is 25.1 Å². The van der Waals surface area contributed by atoms with Crippen LogP contribution in [0.2, 0.25) is 0 Å². The van der Waals surface area contributed by atoms with Crippen molar-refractivity contribution in [2.24, 2.45) is 0 Å². The van der Waals surface area contributed by atoms with Gasteiger partial charge in [-0.3, -0.25) is 4.79 Å². The van der Waals surface area contributed by atoms with Gasteiger partial charge in [0.1, 0.15) is 11.8 Å². The van der Waals surface area contributed by atoms with Crippen molar-refractivity contribution in [1.29, 1.82) is 0 Å². The van der Waals surface area contributed by atoms with Crippen LogP contribution >= 0.6 is 7.75 Å². The molecule has 2 rings (SSSR count). The molecule has 0 saturated heterocycles. The summed E-state index contributed by atoms with van der Waals surface area (Å²) < 4.78 is 96.4. The molecule has 0 heterocycles. The summed E-state index contributed by atoms with van der Waals surface area (Å²) in [4.78, 5) is 12.1. The van der Waals surface area contributed by atoms with E-state index in [1.165, 1.54) is 31.2 Å². The van der Waals surface area contributed by atoms with Crippen LogP contribution in [0.25, 0.3) is 0 Å². The fraction of sp³-hybridized carbons (Fsp3) is 0.316. The minimum absolute atomic E-state index is 0.135. The number of hydrogen-bond donors (Lipinski definition) is 1. The molecule has 6 nitrogen and oxygen atoms in total. The highest BCUT2D eigenvalue weighted by Crippen LogP contribution is 2.47. The highest BCUT2D eigenvalue weighted by molar-refractivity contribution is 7.52. The summed E-state index contributed by atoms with van der Waals surface area (Å²) in [6.45, 7) is 4.52. The fourth-order valence-corrected chi connectivity index (χ4v) is 3.67. The van der Waals surface area contributed by atoms with Gasteiger partial charge in [0, 0.05) is 0 Å². The van der Waals surface area contributed by atoms with Crippen LogP contribution in [-0.4, -0.2) is 18.1 Å². The average molecular weight is 467 g/mol. The maximum absolute atomic E-state index is 14.0. The van der Waals surface area contributed by atoms with E-state index in [0.29, 0.717) is 6.42 Å². The molecule has 2 aromatic carbocycles. The van der Waals surface area contributed by atoms with Gasteiger partial charge in [0.2, 0.25) is 34.8 Å². The Bertz CT molecular complexity index is 962. The third-order valence-electron chi connectivity index (χ3n) is 3.95. The SMILES string of the molecule is CCC(C)OC(=O)[C@H](C)N[P@@](=O)(Oc1ccccc1)Oc1c(F)c(F)c(F)c(F)c1F. The van der Waals surface area contributed by atoms with E-state index in [2.05, 4.69) is 9.61 Å². The number of esters is 1. The van der Waals surface area contributed by atoms with E-state index in [9.17, 15) is 31.3 Å². The molecule has 170 valence electrons. The van der Waals surface area contributed by atoms with E-state index in [1.807, 2.05) is 0 Å². The highest BCUT2D eigenvalue weighted by Gasteiger charge is 2.38. The smallest absolute Gasteiger partial charge is 0.462 e. The van der Waals surface area contributed by atoms with Gasteiger partial charge in [0.25, 0.3) is 0 Å². The van der Waals surface area contributed by atoms with E-state index in [0.717, 1.165) is 0 Å². The average Bonchev–Trinajstić information content (AvgIpc) is 2.74. The Morgan fingerprint density at radius 2 is 1.45 bits per heavy atom. The molecule has 12 heteroatoms. The molecule has 0 spiro atoms. The third kappa shape index (κ3) is 5.95. The summed E-state index contributed by atoms with van der Waals surface area (Å²) in [7, 11) is -4.92. The van der Waals surface area contributed by atoms with Crippen molar-refractivity contribution in [3.8, 4) is 11.5 Å². The first kappa shape index (κ1) is 24.6. The molecule has 3 atom stereocenters. The second kappa shape index (κ2) is 10.1. The standard InChI is InChI=1S/C19H19F5NO5P/c1-4-10(2)28-19(26)11(3)25-31(27,29-12-8-6-5-7-9-12)30-18-16(23)14(21)13(20)15(22)17(18)24/h5-11H,4H2,1-3H3,(H,25,27)/t10?,11-,31+/m0/s1. The van der Waals surface area contributed by atoms with Crippen LogP contribution in [0.15, 0.2) is 30.3 Å². The van der Waals surface area contributed by atoms with E-state index < -0.39 is 60.7 Å². The molecule has 1 unspecified atom stereocenters. The van der Waals surface area contributed by atoms with E-state index in [4.69, 9.17) is 9.26 Å². The minimum atomic E-state index is -4.92. The van der Waals surface area contributed by atoms with Gasteiger partial charge in [-0.25, -0.2) is 17.7 Å². The molecule has 0 fully saturated rings. The lowest BCUT2D eigenvalue weighted by Crippen LogP contribution is -2.37. The van der Waals surface area contributed by atoms with E-state index in [-0.39, 0.29) is 5.75 Å². The molecule has 0 saturated carbocycles. The lowest BCUT2D eigenvalue weighted by Gasteiger charge is -2.24. The molecule has 0 aliphatic carbocycles. The number of rotatable bonds is 9. The maximum Gasteiger partial charge on any atom is 0.513 e. The van der Waals surface area contributed by atoms with Crippen LogP contribution in [0.4, 0.5) is 22.0 Å². The first-order valence-electron chi connectivity index (χ1n) is 9.03. The Balaban J connectivity index is 2.42. The Morgan fingerprint density at radius 3 is 1.97 bits per heavy atom. The van der Waals surface area contributed by atoms with Crippen molar-refractivity contribution in [1.82, 2.24) is 5.09 Å². The van der Waals surface area contributed by atoms with Crippen LogP contribution in [-0.2, 0) is 14.1 Å². The molecule has 2 aromatic rings. The lowest BCUT2D eigenvalue weighted by atomic mass is 10.3. The highest BCUT2D eigenvalue weighted by atomic mass is 31.2. The van der Waals surface area contributed by atoms with Crippen molar-refractivity contribution in [2.75, 3.05) is 0 Å². The van der Waals surface area contributed by atoms with Gasteiger partial charge in [-0.2, -0.15) is 13.9 Å². The normalized spacial score (nSPS) is 15.0. The fourth-order valence-electron chi connectivity index (χ4n) is 2.15. The van der Waals surface area contributed by atoms with Gasteiger partial charge in [0.15, 0.2) is 0 Å². The second-order valence-corrected chi connectivity index (χ2v) is 8.02. The number of carbonyl (C=O) groups excluding carboxylic acids is 1. The molecule has 31 heavy (non-hydrogen) atoms. The van der Waals surface area contributed by atoms with E-state index >= 15 is 0 Å². The van der Waals surface area contributed by atoms with E-state index in [1.54, 1.807) is 19.9 Å². The molecule has 0 aliphatic rings. The second-order valence-electron chi connectivity index (χ2n) is 6.40. The summed E-state index contributed by atoms with van der Waals surface area (Å²) in [5.74, 6) is -14.6. The van der Waals surface area contributed by atoms with Crippen LogP contribution in [0.5, 0.6) is 11.5 Å². The van der Waals surface area contributed by atoms with Crippen molar-refractivity contribution >= 4 is 13.7 Å². The van der Waals surface area contributed by atoms with Crippen molar-refractivity contribution < 1.29 is 45.1 Å². The van der Waals surface area contributed by atoms with Gasteiger partial charge in [0.05, 0.1) is 6.10 Å². The summed E-state index contributed by atoms with van der Waals surface area (Å²) in [6.07, 6.45) is -0.0280. The quantitative estimate of drug-likeness (QED) is 0.178. The van der Waals surface area contributed by atoms with Crippen molar-refractivity contribution in [3.05, 3.63) is 59.4 Å². The van der Waals surface area contributed by atoms with Crippen molar-refractivity contribution in [2.45, 2.75) is 39.3 Å². The molecule has 1 N–H and O–H groups in total. The largest absolute Gasteiger partial charge is 0.513 e. The zero-order chi connectivity index (χ0) is 23.3. The molecular weight excluding hydrogens is 448 g/mol. The topological polar surface area (TPSA) is 73.9 Å². The molecule has 0 aromatic heterocycles. The molecule has 0 aliphatic heterocycles. The number of nitrogens with one attached hydrogen (secondary N) is 1. The Morgan fingerprint density at radius 1 is 0.935 bits per heavy atom. The Hall–Kier alpha value is -2.65.